The fourth-order valence-corrected chi connectivity index (χ4v) is 2.14. The van der Waals surface area contributed by atoms with E-state index in [9.17, 15) is 0 Å². The molecule has 1 aliphatic rings. The van der Waals surface area contributed by atoms with Gasteiger partial charge >= 0.3 is 0 Å². The lowest BCUT2D eigenvalue weighted by Gasteiger charge is -2.38. The zero-order valence-electron chi connectivity index (χ0n) is 9.83. The summed E-state index contributed by atoms with van der Waals surface area (Å²) in [6, 6.07) is 8.34. The zero-order valence-corrected chi connectivity index (χ0v) is 9.83. The third-order valence-corrected chi connectivity index (χ3v) is 3.39. The molecule has 1 aromatic carbocycles. The molecule has 2 rings (SSSR count). The van der Waals surface area contributed by atoms with Gasteiger partial charge in [-0.15, -0.1) is 0 Å². The van der Waals surface area contributed by atoms with Crippen LogP contribution in [0.4, 0.5) is 5.69 Å². The predicted octanol–water partition coefficient (Wildman–Crippen LogP) is 1.91. The van der Waals surface area contributed by atoms with E-state index in [1.807, 2.05) is 0 Å². The van der Waals surface area contributed by atoms with Gasteiger partial charge in [0.15, 0.2) is 0 Å². The van der Waals surface area contributed by atoms with Crippen LogP contribution in [0.3, 0.4) is 0 Å². The first-order valence-corrected chi connectivity index (χ1v) is 5.87. The summed E-state index contributed by atoms with van der Waals surface area (Å²) in [5.41, 5.74) is 8.39. The van der Waals surface area contributed by atoms with Gasteiger partial charge in [-0.3, -0.25) is 0 Å². The van der Waals surface area contributed by atoms with E-state index >= 15 is 0 Å². The second-order valence-corrected chi connectivity index (χ2v) is 4.54. The standard InChI is InChI=1S/C13H20N2O/c1-11-4-2-3-5-12(11)15-13(10-14)6-8-16-9-7-13/h2-5,15H,6-10,14H2,1H3. The molecule has 1 aliphatic heterocycles. The number of hydrogen-bond donors (Lipinski definition) is 2. The highest BCUT2D eigenvalue weighted by molar-refractivity contribution is 5.52. The normalized spacial score (nSPS) is 19.4. The first-order valence-electron chi connectivity index (χ1n) is 5.87. The number of anilines is 1. The van der Waals surface area contributed by atoms with Gasteiger partial charge in [0.2, 0.25) is 0 Å². The van der Waals surface area contributed by atoms with Crippen LogP contribution in [0.25, 0.3) is 0 Å². The van der Waals surface area contributed by atoms with Gasteiger partial charge in [0, 0.05) is 25.4 Å². The third-order valence-electron chi connectivity index (χ3n) is 3.39. The molecule has 0 aromatic heterocycles. The van der Waals surface area contributed by atoms with Gasteiger partial charge in [0.25, 0.3) is 0 Å². The molecule has 16 heavy (non-hydrogen) atoms. The summed E-state index contributed by atoms with van der Waals surface area (Å²) in [4.78, 5) is 0. The maximum atomic E-state index is 5.92. The van der Waals surface area contributed by atoms with Crippen LogP contribution in [-0.4, -0.2) is 25.3 Å². The Hall–Kier alpha value is -1.06. The van der Waals surface area contributed by atoms with Crippen LogP contribution in [0.1, 0.15) is 18.4 Å². The quantitative estimate of drug-likeness (QED) is 0.818. The van der Waals surface area contributed by atoms with Crippen LogP contribution >= 0.6 is 0 Å². The fourth-order valence-electron chi connectivity index (χ4n) is 2.14. The van der Waals surface area contributed by atoms with Crippen molar-refractivity contribution < 1.29 is 4.74 Å². The topological polar surface area (TPSA) is 47.3 Å². The summed E-state index contributed by atoms with van der Waals surface area (Å²) in [6.07, 6.45) is 1.97. The fraction of sp³-hybridized carbons (Fsp3) is 0.538. The van der Waals surface area contributed by atoms with Gasteiger partial charge in [-0.25, -0.2) is 0 Å². The average Bonchev–Trinajstić information content (AvgIpc) is 2.33. The summed E-state index contributed by atoms with van der Waals surface area (Å²) in [6.45, 7) is 4.38. The Balaban J connectivity index is 2.15. The Labute approximate surface area is 97.0 Å². The van der Waals surface area contributed by atoms with Crippen molar-refractivity contribution in [1.82, 2.24) is 0 Å². The first-order chi connectivity index (χ1) is 7.76. The maximum Gasteiger partial charge on any atom is 0.0539 e. The summed E-state index contributed by atoms with van der Waals surface area (Å²) < 4.78 is 5.40. The lowest BCUT2D eigenvalue weighted by Crippen LogP contribution is -2.49. The lowest BCUT2D eigenvalue weighted by atomic mass is 9.89. The molecule has 88 valence electrons. The minimum Gasteiger partial charge on any atom is -0.381 e. The molecule has 3 nitrogen and oxygen atoms in total. The highest BCUT2D eigenvalue weighted by Crippen LogP contribution is 2.26. The van der Waals surface area contributed by atoms with Crippen LogP contribution in [0.15, 0.2) is 24.3 Å². The lowest BCUT2D eigenvalue weighted by molar-refractivity contribution is 0.0628. The van der Waals surface area contributed by atoms with E-state index in [0.29, 0.717) is 6.54 Å². The Morgan fingerprint density at radius 1 is 1.31 bits per heavy atom. The monoisotopic (exact) mass is 220 g/mol. The van der Waals surface area contributed by atoms with E-state index in [0.717, 1.165) is 26.1 Å². The molecule has 1 heterocycles. The highest BCUT2D eigenvalue weighted by atomic mass is 16.5. The summed E-state index contributed by atoms with van der Waals surface area (Å²) in [5.74, 6) is 0. The number of rotatable bonds is 3. The van der Waals surface area contributed by atoms with Gasteiger partial charge in [-0.05, 0) is 31.4 Å². The second-order valence-electron chi connectivity index (χ2n) is 4.54. The van der Waals surface area contributed by atoms with Crippen molar-refractivity contribution in [3.63, 3.8) is 0 Å². The number of ether oxygens (including phenoxy) is 1. The van der Waals surface area contributed by atoms with Crippen LogP contribution < -0.4 is 11.1 Å². The Bertz CT molecular complexity index is 346. The van der Waals surface area contributed by atoms with E-state index in [-0.39, 0.29) is 5.54 Å². The number of hydrogen-bond acceptors (Lipinski definition) is 3. The number of nitrogens with one attached hydrogen (secondary N) is 1. The number of benzene rings is 1. The number of aryl methyl sites for hydroxylation is 1. The van der Waals surface area contributed by atoms with Crippen LogP contribution in [0.2, 0.25) is 0 Å². The molecular formula is C13H20N2O. The van der Waals surface area contributed by atoms with Gasteiger partial charge in [-0.1, -0.05) is 18.2 Å². The van der Waals surface area contributed by atoms with Crippen molar-refractivity contribution in [1.29, 1.82) is 0 Å². The third kappa shape index (κ3) is 2.36. The molecule has 0 unspecified atom stereocenters. The van der Waals surface area contributed by atoms with Crippen molar-refractivity contribution in [2.45, 2.75) is 25.3 Å². The van der Waals surface area contributed by atoms with E-state index in [1.165, 1.54) is 11.3 Å². The molecule has 0 spiro atoms. The maximum absolute atomic E-state index is 5.92. The molecule has 0 bridgehead atoms. The SMILES string of the molecule is Cc1ccccc1NC1(CN)CCOCC1. The minimum atomic E-state index is 0.0182. The Kier molecular flexibility index (Phi) is 3.46. The number of para-hydroxylation sites is 1. The van der Waals surface area contributed by atoms with Crippen molar-refractivity contribution in [2.24, 2.45) is 5.73 Å². The molecule has 1 fully saturated rings. The van der Waals surface area contributed by atoms with Gasteiger partial charge in [0.1, 0.15) is 0 Å². The number of nitrogens with two attached hydrogens (primary N) is 1. The van der Waals surface area contributed by atoms with E-state index in [1.54, 1.807) is 0 Å². The Morgan fingerprint density at radius 2 is 2.00 bits per heavy atom. The van der Waals surface area contributed by atoms with Gasteiger partial charge < -0.3 is 15.8 Å². The molecule has 3 N–H and O–H groups in total. The first kappa shape index (κ1) is 11.4. The largest absolute Gasteiger partial charge is 0.381 e. The van der Waals surface area contributed by atoms with E-state index in [4.69, 9.17) is 10.5 Å². The van der Waals surface area contributed by atoms with Crippen LogP contribution in [-0.2, 0) is 4.74 Å². The Morgan fingerprint density at radius 3 is 2.62 bits per heavy atom. The summed E-state index contributed by atoms with van der Waals surface area (Å²) in [5, 5.41) is 3.61. The smallest absolute Gasteiger partial charge is 0.0539 e. The molecule has 0 radical (unpaired) electrons. The average molecular weight is 220 g/mol. The molecule has 3 heteroatoms. The van der Waals surface area contributed by atoms with Gasteiger partial charge in [0.05, 0.1) is 5.54 Å². The predicted molar refractivity (Wildman–Crippen MR) is 66.6 cm³/mol. The molecule has 1 saturated heterocycles. The molecule has 1 aromatic rings. The van der Waals surface area contributed by atoms with Crippen LogP contribution in [0, 0.1) is 6.92 Å². The minimum absolute atomic E-state index is 0.0182. The van der Waals surface area contributed by atoms with E-state index in [2.05, 4.69) is 36.5 Å². The molecule has 0 aliphatic carbocycles. The van der Waals surface area contributed by atoms with E-state index < -0.39 is 0 Å². The van der Waals surface area contributed by atoms with Crippen molar-refractivity contribution in [3.8, 4) is 0 Å². The second kappa shape index (κ2) is 4.85. The molecular weight excluding hydrogens is 200 g/mol. The summed E-state index contributed by atoms with van der Waals surface area (Å²) >= 11 is 0. The van der Waals surface area contributed by atoms with Gasteiger partial charge in [-0.2, -0.15) is 0 Å². The zero-order chi connectivity index (χ0) is 11.4. The van der Waals surface area contributed by atoms with Crippen molar-refractivity contribution in [3.05, 3.63) is 29.8 Å². The molecule has 0 atom stereocenters. The highest BCUT2D eigenvalue weighted by Gasteiger charge is 2.31. The van der Waals surface area contributed by atoms with Crippen molar-refractivity contribution in [2.75, 3.05) is 25.1 Å². The summed E-state index contributed by atoms with van der Waals surface area (Å²) in [7, 11) is 0. The van der Waals surface area contributed by atoms with Crippen molar-refractivity contribution >= 4 is 5.69 Å². The molecule has 0 saturated carbocycles. The van der Waals surface area contributed by atoms with Crippen LogP contribution in [0.5, 0.6) is 0 Å². The molecule has 0 amide bonds.